The van der Waals surface area contributed by atoms with Crippen LogP contribution in [0.15, 0.2) is 18.2 Å². The maximum Gasteiger partial charge on any atom is 0.0547 e. The Morgan fingerprint density at radius 2 is 2.00 bits per heavy atom. The summed E-state index contributed by atoms with van der Waals surface area (Å²) < 4.78 is 0. The Morgan fingerprint density at radius 3 is 2.60 bits per heavy atom. The van der Waals surface area contributed by atoms with Gasteiger partial charge in [-0.1, -0.05) is 26.8 Å². The zero-order chi connectivity index (χ0) is 15.0. The van der Waals surface area contributed by atoms with Crippen molar-refractivity contribution in [2.24, 2.45) is 5.92 Å². The number of aromatic nitrogens is 1. The number of nitrogens with one attached hydrogen (secondary N) is 1. The molecule has 0 radical (unpaired) electrons. The molecule has 0 saturated heterocycles. The lowest BCUT2D eigenvalue weighted by atomic mass is 10.1. The molecule has 1 aromatic heterocycles. The minimum Gasteiger partial charge on any atom is -0.315 e. The molecule has 1 rings (SSSR count). The van der Waals surface area contributed by atoms with Crippen molar-refractivity contribution in [3.63, 3.8) is 0 Å². The molecular weight excluding hydrogens is 246 g/mol. The molecule has 1 aromatic rings. The van der Waals surface area contributed by atoms with Gasteiger partial charge in [0.2, 0.25) is 0 Å². The number of likely N-dealkylation sites (N-methyl/N-ethyl adjacent to an activating group) is 1. The lowest BCUT2D eigenvalue weighted by Gasteiger charge is -2.28. The molecule has 0 saturated carbocycles. The summed E-state index contributed by atoms with van der Waals surface area (Å²) >= 11 is 0. The number of pyridine rings is 1. The van der Waals surface area contributed by atoms with E-state index in [1.807, 2.05) is 0 Å². The molecule has 3 heteroatoms. The van der Waals surface area contributed by atoms with E-state index >= 15 is 0 Å². The Balaban J connectivity index is 2.40. The minimum atomic E-state index is 0.537. The highest BCUT2D eigenvalue weighted by molar-refractivity contribution is 5.09. The van der Waals surface area contributed by atoms with E-state index in [2.05, 4.69) is 68.0 Å². The molecule has 0 aliphatic heterocycles. The highest BCUT2D eigenvalue weighted by atomic mass is 15.2. The second-order valence-electron chi connectivity index (χ2n) is 6.07. The number of aryl methyl sites for hydroxylation is 1. The van der Waals surface area contributed by atoms with E-state index in [9.17, 15) is 0 Å². The highest BCUT2D eigenvalue weighted by Gasteiger charge is 2.12. The van der Waals surface area contributed by atoms with Crippen LogP contribution in [-0.2, 0) is 6.54 Å². The van der Waals surface area contributed by atoms with Gasteiger partial charge in [-0.2, -0.15) is 0 Å². The van der Waals surface area contributed by atoms with Gasteiger partial charge < -0.3 is 5.32 Å². The van der Waals surface area contributed by atoms with E-state index in [0.717, 1.165) is 37.8 Å². The highest BCUT2D eigenvalue weighted by Crippen LogP contribution is 2.07. The Kier molecular flexibility index (Phi) is 7.78. The van der Waals surface area contributed by atoms with E-state index < -0.39 is 0 Å². The molecule has 0 amide bonds. The van der Waals surface area contributed by atoms with Crippen LogP contribution in [0.1, 0.15) is 45.5 Å². The smallest absolute Gasteiger partial charge is 0.0547 e. The number of nitrogens with zero attached hydrogens (tertiary/aromatic N) is 2. The first kappa shape index (κ1) is 17.1. The van der Waals surface area contributed by atoms with Crippen LogP contribution in [0.2, 0.25) is 0 Å². The molecule has 1 heterocycles. The zero-order valence-electron chi connectivity index (χ0n) is 13.8. The van der Waals surface area contributed by atoms with Crippen molar-refractivity contribution in [1.82, 2.24) is 15.2 Å². The van der Waals surface area contributed by atoms with E-state index in [1.165, 1.54) is 12.1 Å². The van der Waals surface area contributed by atoms with Crippen molar-refractivity contribution in [2.75, 3.05) is 19.6 Å². The first-order valence-electron chi connectivity index (χ1n) is 7.90. The average Bonchev–Trinajstić information content (AvgIpc) is 2.40. The van der Waals surface area contributed by atoms with Gasteiger partial charge in [-0.05, 0) is 51.4 Å². The fourth-order valence-electron chi connectivity index (χ4n) is 2.31. The van der Waals surface area contributed by atoms with Crippen LogP contribution in [0.3, 0.4) is 0 Å². The van der Waals surface area contributed by atoms with Gasteiger partial charge in [-0.25, -0.2) is 0 Å². The Bertz CT molecular complexity index is 376. The summed E-state index contributed by atoms with van der Waals surface area (Å²) in [4.78, 5) is 7.08. The maximum absolute atomic E-state index is 4.60. The SMILES string of the molecule is CCN(Cc1cccc(C)n1)C(C)CNCCC(C)C. The van der Waals surface area contributed by atoms with Crippen LogP contribution in [0.5, 0.6) is 0 Å². The third kappa shape index (κ3) is 6.49. The second kappa shape index (κ2) is 9.09. The van der Waals surface area contributed by atoms with Gasteiger partial charge in [0.15, 0.2) is 0 Å². The van der Waals surface area contributed by atoms with Gasteiger partial charge in [0, 0.05) is 24.8 Å². The monoisotopic (exact) mass is 277 g/mol. The summed E-state index contributed by atoms with van der Waals surface area (Å²) in [6.45, 7) is 15.3. The van der Waals surface area contributed by atoms with Crippen molar-refractivity contribution in [3.8, 4) is 0 Å². The van der Waals surface area contributed by atoms with E-state index in [-0.39, 0.29) is 0 Å². The maximum atomic E-state index is 4.60. The van der Waals surface area contributed by atoms with Crippen molar-refractivity contribution >= 4 is 0 Å². The number of hydrogen-bond donors (Lipinski definition) is 1. The molecule has 3 nitrogen and oxygen atoms in total. The lowest BCUT2D eigenvalue weighted by Crippen LogP contribution is -2.40. The van der Waals surface area contributed by atoms with Crippen LogP contribution < -0.4 is 5.32 Å². The summed E-state index contributed by atoms with van der Waals surface area (Å²) in [5.41, 5.74) is 2.27. The lowest BCUT2D eigenvalue weighted by molar-refractivity contribution is 0.203. The summed E-state index contributed by atoms with van der Waals surface area (Å²) in [6.07, 6.45) is 1.25. The first-order valence-corrected chi connectivity index (χ1v) is 7.90. The van der Waals surface area contributed by atoms with Crippen LogP contribution >= 0.6 is 0 Å². The van der Waals surface area contributed by atoms with E-state index in [0.29, 0.717) is 6.04 Å². The predicted molar refractivity (Wildman–Crippen MR) is 86.8 cm³/mol. The molecule has 114 valence electrons. The fourth-order valence-corrected chi connectivity index (χ4v) is 2.31. The molecule has 0 aromatic carbocycles. The normalized spacial score (nSPS) is 13.2. The van der Waals surface area contributed by atoms with Gasteiger partial charge in [0.1, 0.15) is 0 Å². The molecule has 20 heavy (non-hydrogen) atoms. The molecule has 1 N–H and O–H groups in total. The molecule has 0 bridgehead atoms. The third-order valence-corrected chi connectivity index (χ3v) is 3.68. The van der Waals surface area contributed by atoms with Gasteiger partial charge in [0.05, 0.1) is 5.69 Å². The van der Waals surface area contributed by atoms with Crippen LogP contribution in [0, 0.1) is 12.8 Å². The Morgan fingerprint density at radius 1 is 1.25 bits per heavy atom. The molecular formula is C17H31N3. The summed E-state index contributed by atoms with van der Waals surface area (Å²) in [5, 5.41) is 3.57. The van der Waals surface area contributed by atoms with Gasteiger partial charge >= 0.3 is 0 Å². The minimum absolute atomic E-state index is 0.537. The summed E-state index contributed by atoms with van der Waals surface area (Å²) in [7, 11) is 0. The number of hydrogen-bond acceptors (Lipinski definition) is 3. The summed E-state index contributed by atoms with van der Waals surface area (Å²) in [5.74, 6) is 0.775. The van der Waals surface area contributed by atoms with Crippen molar-refractivity contribution < 1.29 is 0 Å². The van der Waals surface area contributed by atoms with Crippen molar-refractivity contribution in [2.45, 2.75) is 53.6 Å². The largest absolute Gasteiger partial charge is 0.315 e. The zero-order valence-corrected chi connectivity index (χ0v) is 13.8. The predicted octanol–water partition coefficient (Wildman–Crippen LogP) is 3.24. The molecule has 0 fully saturated rings. The average molecular weight is 277 g/mol. The Hall–Kier alpha value is -0.930. The van der Waals surface area contributed by atoms with Crippen LogP contribution in [0.25, 0.3) is 0 Å². The first-order chi connectivity index (χ1) is 9.52. The van der Waals surface area contributed by atoms with Crippen molar-refractivity contribution in [3.05, 3.63) is 29.6 Å². The van der Waals surface area contributed by atoms with E-state index in [1.54, 1.807) is 0 Å². The molecule has 1 unspecified atom stereocenters. The van der Waals surface area contributed by atoms with Gasteiger partial charge in [-0.3, -0.25) is 9.88 Å². The van der Waals surface area contributed by atoms with Gasteiger partial charge in [0.25, 0.3) is 0 Å². The molecule has 0 aliphatic rings. The topological polar surface area (TPSA) is 28.2 Å². The standard InChI is InChI=1S/C17H31N3/c1-6-20(13-17-9-7-8-15(4)19-17)16(5)12-18-11-10-14(2)3/h7-9,14,16,18H,6,10-13H2,1-5H3. The molecule has 1 atom stereocenters. The quantitative estimate of drug-likeness (QED) is 0.702. The van der Waals surface area contributed by atoms with Gasteiger partial charge in [-0.15, -0.1) is 0 Å². The van der Waals surface area contributed by atoms with Crippen LogP contribution in [-0.4, -0.2) is 35.6 Å². The molecule has 0 spiro atoms. The van der Waals surface area contributed by atoms with Crippen molar-refractivity contribution in [1.29, 1.82) is 0 Å². The fraction of sp³-hybridized carbons (Fsp3) is 0.706. The van der Waals surface area contributed by atoms with Crippen LogP contribution in [0.4, 0.5) is 0 Å². The third-order valence-electron chi connectivity index (χ3n) is 3.68. The molecule has 0 aliphatic carbocycles. The Labute approximate surface area is 124 Å². The summed E-state index contributed by atoms with van der Waals surface area (Å²) in [6, 6.07) is 6.80. The second-order valence-corrected chi connectivity index (χ2v) is 6.07. The number of rotatable bonds is 9. The van der Waals surface area contributed by atoms with E-state index in [4.69, 9.17) is 0 Å².